The highest BCUT2D eigenvalue weighted by molar-refractivity contribution is 5.82. The van der Waals surface area contributed by atoms with Crippen molar-refractivity contribution in [3.05, 3.63) is 131 Å². The Morgan fingerprint density at radius 1 is 0.860 bits per heavy atom. The number of hydrogen-bond acceptors (Lipinski definition) is 8. The molecule has 0 aliphatic carbocycles. The first-order valence-corrected chi connectivity index (χ1v) is 17.1. The lowest BCUT2D eigenvalue weighted by Crippen LogP contribution is -2.46. The highest BCUT2D eigenvalue weighted by atomic mass is 16.7. The van der Waals surface area contributed by atoms with Gasteiger partial charge in [0.15, 0.2) is 12.4 Å². The van der Waals surface area contributed by atoms with Crippen LogP contribution in [-0.2, 0) is 37.0 Å². The summed E-state index contributed by atoms with van der Waals surface area (Å²) < 4.78 is 18.3. The summed E-state index contributed by atoms with van der Waals surface area (Å²) in [7, 11) is 2.01. The minimum Gasteiger partial charge on any atom is -0.453 e. The van der Waals surface area contributed by atoms with Gasteiger partial charge in [-0.1, -0.05) is 104 Å². The number of aliphatic hydroxyl groups is 2. The van der Waals surface area contributed by atoms with Crippen LogP contribution in [0.2, 0.25) is 0 Å². The lowest BCUT2D eigenvalue weighted by Gasteiger charge is -2.43. The minimum absolute atomic E-state index is 0.00532. The van der Waals surface area contributed by atoms with Crippen LogP contribution < -0.4 is 5.32 Å². The lowest BCUT2D eigenvalue weighted by molar-refractivity contribution is -0.276. The van der Waals surface area contributed by atoms with E-state index in [-0.39, 0.29) is 36.7 Å². The van der Waals surface area contributed by atoms with E-state index < -0.39 is 24.5 Å². The molecular weight excluding hydrogens is 632 g/mol. The van der Waals surface area contributed by atoms with Crippen LogP contribution in [0.3, 0.4) is 0 Å². The topological polar surface area (TPSA) is 118 Å². The second-order valence-corrected chi connectivity index (χ2v) is 13.1. The molecule has 9 nitrogen and oxygen atoms in total. The average molecular weight is 681 g/mol. The molecule has 1 aliphatic rings. The number of aliphatic hydroxyl groups excluding tert-OH is 2. The first kappa shape index (κ1) is 36.9. The summed E-state index contributed by atoms with van der Waals surface area (Å²) in [5.41, 5.74) is 6.50. The van der Waals surface area contributed by atoms with E-state index in [1.807, 2.05) is 117 Å². The van der Waals surface area contributed by atoms with Gasteiger partial charge in [-0.15, -0.1) is 0 Å². The summed E-state index contributed by atoms with van der Waals surface area (Å²) in [5, 5.41) is 23.6. The van der Waals surface area contributed by atoms with Crippen molar-refractivity contribution in [2.45, 2.75) is 77.6 Å². The fourth-order valence-electron chi connectivity index (χ4n) is 6.28. The third-order valence-corrected chi connectivity index (χ3v) is 9.51. The Morgan fingerprint density at radius 2 is 1.54 bits per heavy atom. The molecule has 1 aliphatic heterocycles. The molecule has 0 saturated carbocycles. The third kappa shape index (κ3) is 9.24. The van der Waals surface area contributed by atoms with Gasteiger partial charge in [0, 0.05) is 37.5 Å². The maximum absolute atomic E-state index is 12.3. The van der Waals surface area contributed by atoms with E-state index in [0.717, 1.165) is 38.9 Å². The minimum atomic E-state index is -0.862. The number of benzene rings is 4. The monoisotopic (exact) mass is 680 g/mol. The van der Waals surface area contributed by atoms with Gasteiger partial charge in [-0.3, -0.25) is 14.5 Å². The second-order valence-electron chi connectivity index (χ2n) is 13.1. The largest absolute Gasteiger partial charge is 0.453 e. The molecule has 1 saturated heterocycles. The van der Waals surface area contributed by atoms with Gasteiger partial charge in [-0.05, 0) is 60.3 Å². The molecule has 7 unspecified atom stereocenters. The molecule has 0 aromatic heterocycles. The van der Waals surface area contributed by atoms with Crippen molar-refractivity contribution in [1.29, 1.82) is 0 Å². The summed E-state index contributed by atoms with van der Waals surface area (Å²) in [6.07, 6.45) is -2.61. The van der Waals surface area contributed by atoms with E-state index >= 15 is 0 Å². The van der Waals surface area contributed by atoms with Crippen LogP contribution in [-0.4, -0.2) is 58.8 Å². The van der Waals surface area contributed by atoms with Crippen LogP contribution in [0.15, 0.2) is 103 Å². The zero-order valence-electron chi connectivity index (χ0n) is 29.4. The number of ether oxygens (including phenoxy) is 3. The molecule has 9 heteroatoms. The van der Waals surface area contributed by atoms with Gasteiger partial charge in [0.05, 0.1) is 24.9 Å². The molecule has 3 N–H and O–H groups in total. The number of carbonyl (C=O) groups excluding carboxylic acids is 2. The Labute approximate surface area is 294 Å². The maximum Gasteiger partial charge on any atom is 0.303 e. The normalized spacial score (nSPS) is 20.9. The number of carbonyl (C=O) groups is 2. The highest BCUT2D eigenvalue weighted by Gasteiger charge is 2.39. The van der Waals surface area contributed by atoms with Crippen molar-refractivity contribution in [2.75, 3.05) is 13.6 Å². The van der Waals surface area contributed by atoms with Crippen LogP contribution >= 0.6 is 0 Å². The quantitative estimate of drug-likeness (QED) is 0.142. The molecule has 264 valence electrons. The predicted octanol–water partition coefficient (Wildman–Crippen LogP) is 6.26. The number of amides is 1. The SMILES string of the molecule is CC(=O)OC(C)C(=O)NCc1cccc(-c2ccc(C3OC(CN(C)C(C)C(O)c4ccccc4)C(C)C(c4ccc(CO)cc4)O3)cc2)c1. The molecule has 0 radical (unpaired) electrons. The molecule has 4 aromatic carbocycles. The maximum atomic E-state index is 12.3. The van der Waals surface area contributed by atoms with Crippen LogP contribution in [0.1, 0.15) is 74.0 Å². The fraction of sp³-hybridized carbons (Fsp3) is 0.366. The molecule has 7 atom stereocenters. The van der Waals surface area contributed by atoms with Gasteiger partial charge >= 0.3 is 5.97 Å². The van der Waals surface area contributed by atoms with Gasteiger partial charge in [-0.2, -0.15) is 0 Å². The van der Waals surface area contributed by atoms with Crippen molar-refractivity contribution >= 4 is 11.9 Å². The Balaban J connectivity index is 1.32. The van der Waals surface area contributed by atoms with Crippen molar-refractivity contribution < 1.29 is 34.0 Å². The van der Waals surface area contributed by atoms with Crippen LogP contribution in [0.5, 0.6) is 0 Å². The summed E-state index contributed by atoms with van der Waals surface area (Å²) in [4.78, 5) is 25.7. The number of nitrogens with one attached hydrogen (secondary N) is 1. The van der Waals surface area contributed by atoms with Crippen molar-refractivity contribution in [3.8, 4) is 11.1 Å². The highest BCUT2D eigenvalue weighted by Crippen LogP contribution is 2.42. The number of nitrogens with zero attached hydrogens (tertiary/aromatic N) is 1. The van der Waals surface area contributed by atoms with Crippen LogP contribution in [0, 0.1) is 5.92 Å². The van der Waals surface area contributed by atoms with E-state index in [4.69, 9.17) is 14.2 Å². The van der Waals surface area contributed by atoms with E-state index in [2.05, 4.69) is 17.1 Å². The first-order chi connectivity index (χ1) is 24.0. The first-order valence-electron chi connectivity index (χ1n) is 17.1. The standard InChI is InChI=1S/C41H48N2O7/c1-26-37(24-43(5)27(2)38(46)33-11-7-6-8-12-33)49-41(50-39(26)34-16-14-30(25-44)15-17-34)35-20-18-32(19-21-35)36-13-9-10-31(22-36)23-42-40(47)28(3)48-29(4)45/h6-22,26-28,37-39,41,44,46H,23-25H2,1-5H3,(H,42,47). The number of likely N-dealkylation sites (N-methyl/N-ethyl adjacent to an activating group) is 1. The molecule has 50 heavy (non-hydrogen) atoms. The summed E-state index contributed by atoms with van der Waals surface area (Å²) >= 11 is 0. The van der Waals surface area contributed by atoms with E-state index in [9.17, 15) is 19.8 Å². The molecule has 1 amide bonds. The summed E-state index contributed by atoms with van der Waals surface area (Å²) in [6.45, 7) is 7.83. The molecule has 0 bridgehead atoms. The predicted molar refractivity (Wildman–Crippen MR) is 191 cm³/mol. The third-order valence-electron chi connectivity index (χ3n) is 9.51. The van der Waals surface area contributed by atoms with Crippen molar-refractivity contribution in [2.24, 2.45) is 5.92 Å². The summed E-state index contributed by atoms with van der Waals surface area (Å²) in [5.74, 6) is -0.861. The molecule has 4 aromatic rings. The van der Waals surface area contributed by atoms with Crippen LogP contribution in [0.25, 0.3) is 11.1 Å². The Morgan fingerprint density at radius 3 is 2.20 bits per heavy atom. The van der Waals surface area contributed by atoms with Gasteiger partial charge in [0.25, 0.3) is 5.91 Å². The van der Waals surface area contributed by atoms with Crippen molar-refractivity contribution in [3.63, 3.8) is 0 Å². The zero-order chi connectivity index (χ0) is 35.8. The van der Waals surface area contributed by atoms with Crippen molar-refractivity contribution in [1.82, 2.24) is 10.2 Å². The number of esters is 1. The van der Waals surface area contributed by atoms with Gasteiger partial charge in [0.1, 0.15) is 0 Å². The number of hydrogen-bond donors (Lipinski definition) is 3. The smallest absolute Gasteiger partial charge is 0.303 e. The molecule has 1 fully saturated rings. The van der Waals surface area contributed by atoms with E-state index in [0.29, 0.717) is 13.1 Å². The second kappa shape index (κ2) is 17.0. The number of rotatable bonds is 13. The Bertz CT molecular complexity index is 1700. The fourth-order valence-corrected chi connectivity index (χ4v) is 6.28. The van der Waals surface area contributed by atoms with E-state index in [1.54, 1.807) is 6.92 Å². The Hall–Kier alpha value is -4.38. The van der Waals surface area contributed by atoms with Gasteiger partial charge in [0.2, 0.25) is 0 Å². The molecule has 0 spiro atoms. The Kier molecular flexibility index (Phi) is 12.6. The van der Waals surface area contributed by atoms with Gasteiger partial charge in [-0.25, -0.2) is 0 Å². The van der Waals surface area contributed by atoms with E-state index in [1.165, 1.54) is 6.92 Å². The molecule has 1 heterocycles. The summed E-state index contributed by atoms with van der Waals surface area (Å²) in [6, 6.07) is 33.4. The molecule has 5 rings (SSSR count). The lowest BCUT2D eigenvalue weighted by atomic mass is 9.89. The van der Waals surface area contributed by atoms with Gasteiger partial charge < -0.3 is 29.7 Å². The average Bonchev–Trinajstić information content (AvgIpc) is 3.14. The van der Waals surface area contributed by atoms with Crippen LogP contribution in [0.4, 0.5) is 0 Å². The molecular formula is C41H48N2O7. The zero-order valence-corrected chi connectivity index (χ0v) is 29.4.